The SMILES string of the molecule is O=C(c1cc(S(=O)(=O)Nc2ccc(Cl)c(-c3nccc4ccccc34)c2)c[nH]1)N1CCCC1. The second-order valence-electron chi connectivity index (χ2n) is 7.93. The van der Waals surface area contributed by atoms with Crippen molar-refractivity contribution in [2.24, 2.45) is 0 Å². The molecule has 2 aromatic heterocycles. The maximum Gasteiger partial charge on any atom is 0.270 e. The first-order chi connectivity index (χ1) is 15.9. The Morgan fingerprint density at radius 1 is 1.06 bits per heavy atom. The van der Waals surface area contributed by atoms with Crippen molar-refractivity contribution >= 4 is 44.0 Å². The van der Waals surface area contributed by atoms with Crippen LogP contribution in [0, 0.1) is 0 Å². The maximum atomic E-state index is 13.0. The molecule has 7 nitrogen and oxygen atoms in total. The lowest BCUT2D eigenvalue weighted by molar-refractivity contribution is 0.0787. The van der Waals surface area contributed by atoms with Gasteiger partial charge in [0.15, 0.2) is 0 Å². The topological polar surface area (TPSA) is 95.2 Å². The van der Waals surface area contributed by atoms with Gasteiger partial charge in [-0.1, -0.05) is 35.9 Å². The number of rotatable bonds is 5. The Labute approximate surface area is 196 Å². The van der Waals surface area contributed by atoms with Crippen LogP contribution in [0.5, 0.6) is 0 Å². The molecular formula is C24H21ClN4O3S. The van der Waals surface area contributed by atoms with E-state index in [4.69, 9.17) is 11.6 Å². The van der Waals surface area contributed by atoms with E-state index in [0.29, 0.717) is 35.1 Å². The van der Waals surface area contributed by atoms with Crippen molar-refractivity contribution in [3.63, 3.8) is 0 Å². The van der Waals surface area contributed by atoms with Crippen LogP contribution < -0.4 is 4.72 Å². The fourth-order valence-electron chi connectivity index (χ4n) is 4.06. The van der Waals surface area contributed by atoms with Crippen LogP contribution in [0.2, 0.25) is 5.02 Å². The normalized spacial score (nSPS) is 14.0. The van der Waals surface area contributed by atoms with Crippen molar-refractivity contribution in [2.75, 3.05) is 17.8 Å². The summed E-state index contributed by atoms with van der Waals surface area (Å²) in [5.41, 5.74) is 1.89. The number of carbonyl (C=O) groups is 1. The number of hydrogen-bond acceptors (Lipinski definition) is 4. The van der Waals surface area contributed by atoms with Gasteiger partial charge in [-0.25, -0.2) is 8.42 Å². The Hall–Kier alpha value is -3.36. The van der Waals surface area contributed by atoms with Crippen LogP contribution in [0.4, 0.5) is 5.69 Å². The van der Waals surface area contributed by atoms with Gasteiger partial charge >= 0.3 is 0 Å². The predicted molar refractivity (Wildman–Crippen MR) is 129 cm³/mol. The first-order valence-corrected chi connectivity index (χ1v) is 12.4. The van der Waals surface area contributed by atoms with E-state index in [0.717, 1.165) is 23.6 Å². The van der Waals surface area contributed by atoms with Crippen LogP contribution >= 0.6 is 11.6 Å². The number of halogens is 1. The number of aromatic nitrogens is 2. The molecule has 1 fully saturated rings. The quantitative estimate of drug-likeness (QED) is 0.424. The predicted octanol–water partition coefficient (Wildman–Crippen LogP) is 4.92. The summed E-state index contributed by atoms with van der Waals surface area (Å²) in [4.78, 5) is 21.5. The van der Waals surface area contributed by atoms with Crippen molar-refractivity contribution in [2.45, 2.75) is 17.7 Å². The summed E-state index contributed by atoms with van der Waals surface area (Å²) in [6, 6.07) is 16.0. The fraction of sp³-hybridized carbons (Fsp3) is 0.167. The van der Waals surface area contributed by atoms with Crippen molar-refractivity contribution in [3.05, 3.63) is 77.7 Å². The van der Waals surface area contributed by atoms with Gasteiger partial charge in [0.1, 0.15) is 10.6 Å². The Morgan fingerprint density at radius 3 is 2.67 bits per heavy atom. The van der Waals surface area contributed by atoms with Crippen molar-refractivity contribution in [1.29, 1.82) is 0 Å². The van der Waals surface area contributed by atoms with E-state index in [1.165, 1.54) is 12.3 Å². The highest BCUT2D eigenvalue weighted by Crippen LogP contribution is 2.34. The molecule has 168 valence electrons. The van der Waals surface area contributed by atoms with Crippen LogP contribution in [0.25, 0.3) is 22.0 Å². The van der Waals surface area contributed by atoms with Crippen molar-refractivity contribution in [3.8, 4) is 11.3 Å². The summed E-state index contributed by atoms with van der Waals surface area (Å²) >= 11 is 6.46. The van der Waals surface area contributed by atoms with Gasteiger partial charge < -0.3 is 9.88 Å². The molecule has 2 aromatic carbocycles. The van der Waals surface area contributed by atoms with Gasteiger partial charge in [0.25, 0.3) is 15.9 Å². The van der Waals surface area contributed by atoms with Crippen molar-refractivity contribution in [1.82, 2.24) is 14.9 Å². The van der Waals surface area contributed by atoms with Gasteiger partial charge in [-0.3, -0.25) is 14.5 Å². The number of benzene rings is 2. The Morgan fingerprint density at radius 2 is 1.85 bits per heavy atom. The number of hydrogen-bond donors (Lipinski definition) is 2. The Kier molecular flexibility index (Phi) is 5.55. The number of amides is 1. The lowest BCUT2D eigenvalue weighted by Crippen LogP contribution is -2.27. The minimum Gasteiger partial charge on any atom is -0.356 e. The summed E-state index contributed by atoms with van der Waals surface area (Å²) in [5.74, 6) is -0.190. The number of aromatic amines is 1. The third-order valence-electron chi connectivity index (χ3n) is 5.74. The third kappa shape index (κ3) is 4.19. The fourth-order valence-corrected chi connectivity index (χ4v) is 5.31. The van der Waals surface area contributed by atoms with E-state index < -0.39 is 10.0 Å². The molecule has 0 atom stereocenters. The summed E-state index contributed by atoms with van der Waals surface area (Å²) in [7, 11) is -3.92. The van der Waals surface area contributed by atoms with Crippen LogP contribution in [-0.2, 0) is 10.0 Å². The van der Waals surface area contributed by atoms with Crippen LogP contribution in [0.1, 0.15) is 23.3 Å². The third-order valence-corrected chi connectivity index (χ3v) is 7.43. The highest BCUT2D eigenvalue weighted by atomic mass is 35.5. The van der Waals surface area contributed by atoms with E-state index >= 15 is 0 Å². The molecule has 9 heteroatoms. The number of nitrogens with one attached hydrogen (secondary N) is 2. The summed E-state index contributed by atoms with van der Waals surface area (Å²) in [6.45, 7) is 1.38. The molecule has 0 radical (unpaired) electrons. The van der Waals surface area contributed by atoms with Gasteiger partial charge in [0, 0.05) is 42.1 Å². The standard InChI is InChI=1S/C24H21ClN4O3S/c25-21-8-7-17(13-20(21)23-19-6-2-1-5-16(19)9-10-26-23)28-33(31,32)18-14-22(27-15-18)24(30)29-11-3-4-12-29/h1-2,5-10,13-15,27-28H,3-4,11-12H2. The molecule has 0 spiro atoms. The van der Waals surface area contributed by atoms with Gasteiger partial charge in [-0.05, 0) is 48.6 Å². The van der Waals surface area contributed by atoms with Gasteiger partial charge in [-0.15, -0.1) is 0 Å². The minimum absolute atomic E-state index is 0.00941. The highest BCUT2D eigenvalue weighted by molar-refractivity contribution is 7.92. The van der Waals surface area contributed by atoms with E-state index in [1.54, 1.807) is 29.3 Å². The number of H-pyrrole nitrogens is 1. The summed E-state index contributed by atoms with van der Waals surface area (Å²) in [6.07, 6.45) is 4.95. The van der Waals surface area contributed by atoms with Gasteiger partial charge in [0.05, 0.1) is 10.7 Å². The number of pyridine rings is 1. The zero-order valence-electron chi connectivity index (χ0n) is 17.6. The second-order valence-corrected chi connectivity index (χ2v) is 10.0. The molecule has 0 unspecified atom stereocenters. The largest absolute Gasteiger partial charge is 0.356 e. The zero-order chi connectivity index (χ0) is 23.0. The lowest BCUT2D eigenvalue weighted by atomic mass is 10.0. The van der Waals surface area contributed by atoms with E-state index in [9.17, 15) is 13.2 Å². The number of likely N-dealkylation sites (tertiary alicyclic amines) is 1. The molecule has 1 aliphatic rings. The number of sulfonamides is 1. The molecule has 1 amide bonds. The van der Waals surface area contributed by atoms with Crippen LogP contribution in [0.3, 0.4) is 0 Å². The van der Waals surface area contributed by atoms with Crippen LogP contribution in [-0.4, -0.2) is 42.3 Å². The smallest absolute Gasteiger partial charge is 0.270 e. The number of nitrogens with zero attached hydrogens (tertiary/aromatic N) is 2. The average Bonchev–Trinajstić information content (AvgIpc) is 3.52. The second kappa shape index (κ2) is 8.53. The molecule has 1 saturated heterocycles. The summed E-state index contributed by atoms with van der Waals surface area (Å²) in [5, 5.41) is 2.38. The minimum atomic E-state index is -3.92. The highest BCUT2D eigenvalue weighted by Gasteiger charge is 2.24. The monoisotopic (exact) mass is 480 g/mol. The summed E-state index contributed by atoms with van der Waals surface area (Å²) < 4.78 is 28.6. The van der Waals surface area contributed by atoms with E-state index in [1.807, 2.05) is 30.3 Å². The average molecular weight is 481 g/mol. The van der Waals surface area contributed by atoms with Crippen molar-refractivity contribution < 1.29 is 13.2 Å². The van der Waals surface area contributed by atoms with Gasteiger partial charge in [-0.2, -0.15) is 0 Å². The Bertz CT molecular complexity index is 1450. The van der Waals surface area contributed by atoms with Crippen LogP contribution in [0.15, 0.2) is 71.9 Å². The first kappa shape index (κ1) is 21.5. The molecule has 4 aromatic rings. The zero-order valence-corrected chi connectivity index (χ0v) is 19.2. The molecule has 0 saturated carbocycles. The van der Waals surface area contributed by atoms with E-state index in [2.05, 4.69) is 14.7 Å². The molecule has 33 heavy (non-hydrogen) atoms. The molecule has 3 heterocycles. The molecule has 1 aliphatic heterocycles. The molecule has 2 N–H and O–H groups in total. The number of anilines is 1. The van der Waals surface area contributed by atoms with Gasteiger partial charge in [0.2, 0.25) is 0 Å². The number of fused-ring (bicyclic) bond motifs is 1. The lowest BCUT2D eigenvalue weighted by Gasteiger charge is -2.13. The van der Waals surface area contributed by atoms with E-state index in [-0.39, 0.29) is 16.5 Å². The molecule has 0 aliphatic carbocycles. The molecule has 0 bridgehead atoms. The number of carbonyl (C=O) groups excluding carboxylic acids is 1. The maximum absolute atomic E-state index is 13.0. The molecule has 5 rings (SSSR count). The Balaban J connectivity index is 1.45. The molecular weight excluding hydrogens is 460 g/mol. The first-order valence-electron chi connectivity index (χ1n) is 10.6.